The third-order valence-corrected chi connectivity index (χ3v) is 3.55. The summed E-state index contributed by atoms with van der Waals surface area (Å²) in [6, 6.07) is 2.01. The van der Waals surface area contributed by atoms with E-state index in [2.05, 4.69) is 17.2 Å². The first-order valence-corrected chi connectivity index (χ1v) is 6.08. The SMILES string of the molecule is COc1cnc(C)cc1NC(C)(CN)C1CC1. The largest absolute Gasteiger partial charge is 0.493 e. The Balaban J connectivity index is 2.24. The van der Waals surface area contributed by atoms with Crippen LogP contribution < -0.4 is 15.8 Å². The van der Waals surface area contributed by atoms with E-state index in [1.54, 1.807) is 13.3 Å². The monoisotopic (exact) mass is 235 g/mol. The normalized spacial score (nSPS) is 18.6. The van der Waals surface area contributed by atoms with Crippen LogP contribution in [-0.4, -0.2) is 24.2 Å². The van der Waals surface area contributed by atoms with E-state index in [4.69, 9.17) is 10.5 Å². The first-order valence-electron chi connectivity index (χ1n) is 6.08. The van der Waals surface area contributed by atoms with Crippen molar-refractivity contribution in [3.8, 4) is 5.75 Å². The van der Waals surface area contributed by atoms with E-state index in [0.717, 1.165) is 17.1 Å². The Morgan fingerprint density at radius 2 is 2.29 bits per heavy atom. The van der Waals surface area contributed by atoms with E-state index < -0.39 is 0 Å². The van der Waals surface area contributed by atoms with Crippen LogP contribution in [0.5, 0.6) is 5.75 Å². The molecule has 0 saturated heterocycles. The Kier molecular flexibility index (Phi) is 3.24. The molecule has 1 saturated carbocycles. The highest BCUT2D eigenvalue weighted by Gasteiger charge is 2.40. The van der Waals surface area contributed by atoms with Gasteiger partial charge in [0.05, 0.1) is 19.0 Å². The summed E-state index contributed by atoms with van der Waals surface area (Å²) in [6.07, 6.45) is 4.27. The maximum atomic E-state index is 5.91. The standard InChI is InChI=1S/C13H21N3O/c1-9-6-11(12(17-3)7-15-9)16-13(2,8-14)10-4-5-10/h6-7,10H,4-5,8,14H2,1-3H3,(H,15,16). The molecule has 17 heavy (non-hydrogen) atoms. The topological polar surface area (TPSA) is 60.2 Å². The summed E-state index contributed by atoms with van der Waals surface area (Å²) in [5.74, 6) is 1.45. The molecule has 1 aliphatic rings. The molecule has 0 radical (unpaired) electrons. The minimum Gasteiger partial charge on any atom is -0.493 e. The highest BCUT2D eigenvalue weighted by Crippen LogP contribution is 2.42. The molecule has 1 heterocycles. The maximum absolute atomic E-state index is 5.91. The molecule has 2 rings (SSSR count). The predicted molar refractivity (Wildman–Crippen MR) is 69.3 cm³/mol. The minimum atomic E-state index is -0.0406. The van der Waals surface area contributed by atoms with Gasteiger partial charge in [-0.1, -0.05) is 0 Å². The summed E-state index contributed by atoms with van der Waals surface area (Å²) in [6.45, 7) is 4.78. The molecule has 0 bridgehead atoms. The fourth-order valence-corrected chi connectivity index (χ4v) is 2.16. The molecule has 1 aromatic rings. The summed E-state index contributed by atoms with van der Waals surface area (Å²) in [5.41, 5.74) is 7.83. The van der Waals surface area contributed by atoms with Gasteiger partial charge in [0, 0.05) is 17.8 Å². The number of nitrogens with two attached hydrogens (primary N) is 1. The lowest BCUT2D eigenvalue weighted by atomic mass is 9.95. The summed E-state index contributed by atoms with van der Waals surface area (Å²) in [4.78, 5) is 4.23. The van der Waals surface area contributed by atoms with Crippen molar-refractivity contribution in [3.05, 3.63) is 18.0 Å². The van der Waals surface area contributed by atoms with Crippen molar-refractivity contribution >= 4 is 5.69 Å². The number of nitrogens with one attached hydrogen (secondary N) is 1. The molecule has 1 fully saturated rings. The van der Waals surface area contributed by atoms with Gasteiger partial charge in [-0.25, -0.2) is 0 Å². The van der Waals surface area contributed by atoms with Crippen LogP contribution in [-0.2, 0) is 0 Å². The minimum absolute atomic E-state index is 0.0406. The molecule has 0 aliphatic heterocycles. The number of anilines is 1. The molecule has 1 aromatic heterocycles. The van der Waals surface area contributed by atoms with Gasteiger partial charge in [-0.15, -0.1) is 0 Å². The van der Waals surface area contributed by atoms with Gasteiger partial charge in [0.1, 0.15) is 0 Å². The molecule has 4 nitrogen and oxygen atoms in total. The van der Waals surface area contributed by atoms with Crippen molar-refractivity contribution in [2.24, 2.45) is 11.7 Å². The molecule has 0 aromatic carbocycles. The lowest BCUT2D eigenvalue weighted by molar-refractivity contribution is 0.408. The summed E-state index contributed by atoms with van der Waals surface area (Å²) >= 11 is 0. The molecule has 94 valence electrons. The first kappa shape index (κ1) is 12.2. The molecule has 1 unspecified atom stereocenters. The number of aryl methyl sites for hydroxylation is 1. The van der Waals surface area contributed by atoms with Crippen molar-refractivity contribution in [2.75, 3.05) is 19.0 Å². The van der Waals surface area contributed by atoms with Crippen LogP contribution in [0.25, 0.3) is 0 Å². The highest BCUT2D eigenvalue weighted by molar-refractivity contribution is 5.57. The van der Waals surface area contributed by atoms with Crippen LogP contribution in [0, 0.1) is 12.8 Å². The number of ether oxygens (including phenoxy) is 1. The van der Waals surface area contributed by atoms with Gasteiger partial charge in [-0.05, 0) is 38.7 Å². The third-order valence-electron chi connectivity index (χ3n) is 3.55. The zero-order chi connectivity index (χ0) is 12.5. The fourth-order valence-electron chi connectivity index (χ4n) is 2.16. The lowest BCUT2D eigenvalue weighted by Crippen LogP contribution is -2.44. The van der Waals surface area contributed by atoms with Gasteiger partial charge >= 0.3 is 0 Å². The third kappa shape index (κ3) is 2.52. The number of pyridine rings is 1. The highest BCUT2D eigenvalue weighted by atomic mass is 16.5. The number of rotatable bonds is 5. The van der Waals surface area contributed by atoms with Crippen molar-refractivity contribution in [1.29, 1.82) is 0 Å². The van der Waals surface area contributed by atoms with Crippen LogP contribution in [0.15, 0.2) is 12.3 Å². The van der Waals surface area contributed by atoms with Crippen LogP contribution in [0.4, 0.5) is 5.69 Å². The molecule has 1 atom stereocenters. The van der Waals surface area contributed by atoms with E-state index in [-0.39, 0.29) is 5.54 Å². The quantitative estimate of drug-likeness (QED) is 0.818. The fraction of sp³-hybridized carbons (Fsp3) is 0.615. The number of methoxy groups -OCH3 is 1. The van der Waals surface area contributed by atoms with Crippen molar-refractivity contribution < 1.29 is 4.74 Å². The Morgan fingerprint density at radius 1 is 1.59 bits per heavy atom. The zero-order valence-corrected chi connectivity index (χ0v) is 10.8. The van der Waals surface area contributed by atoms with E-state index >= 15 is 0 Å². The molecule has 1 aliphatic carbocycles. The van der Waals surface area contributed by atoms with Crippen LogP contribution in [0.1, 0.15) is 25.5 Å². The molecule has 3 N–H and O–H groups in total. The van der Waals surface area contributed by atoms with Gasteiger partial charge in [0.2, 0.25) is 0 Å². The average Bonchev–Trinajstić information content (AvgIpc) is 3.13. The number of aromatic nitrogens is 1. The van der Waals surface area contributed by atoms with Gasteiger partial charge in [-0.3, -0.25) is 4.98 Å². The Hall–Kier alpha value is -1.29. The van der Waals surface area contributed by atoms with Crippen molar-refractivity contribution in [1.82, 2.24) is 4.98 Å². The number of hydrogen-bond donors (Lipinski definition) is 2. The predicted octanol–water partition coefficient (Wildman–Crippen LogP) is 1.94. The van der Waals surface area contributed by atoms with Gasteiger partial charge < -0.3 is 15.8 Å². The number of nitrogens with zero attached hydrogens (tertiary/aromatic N) is 1. The molecule has 0 amide bonds. The van der Waals surface area contributed by atoms with E-state index in [0.29, 0.717) is 12.5 Å². The van der Waals surface area contributed by atoms with E-state index in [1.165, 1.54) is 12.8 Å². The van der Waals surface area contributed by atoms with Crippen molar-refractivity contribution in [3.63, 3.8) is 0 Å². The molecular formula is C13H21N3O. The van der Waals surface area contributed by atoms with Gasteiger partial charge in [-0.2, -0.15) is 0 Å². The van der Waals surface area contributed by atoms with Crippen molar-refractivity contribution in [2.45, 2.75) is 32.2 Å². The summed E-state index contributed by atoms with van der Waals surface area (Å²) < 4.78 is 5.33. The average molecular weight is 235 g/mol. The van der Waals surface area contributed by atoms with Gasteiger partial charge in [0.15, 0.2) is 5.75 Å². The van der Waals surface area contributed by atoms with Crippen LogP contribution >= 0.6 is 0 Å². The van der Waals surface area contributed by atoms with Crippen LogP contribution in [0.2, 0.25) is 0 Å². The molecular weight excluding hydrogens is 214 g/mol. The second-order valence-electron chi connectivity index (χ2n) is 5.05. The smallest absolute Gasteiger partial charge is 0.160 e. The Labute approximate surface area is 103 Å². The lowest BCUT2D eigenvalue weighted by Gasteiger charge is -2.31. The second kappa shape index (κ2) is 4.53. The van der Waals surface area contributed by atoms with Gasteiger partial charge in [0.25, 0.3) is 0 Å². The molecule has 0 spiro atoms. The Morgan fingerprint density at radius 3 is 2.82 bits per heavy atom. The zero-order valence-electron chi connectivity index (χ0n) is 10.8. The van der Waals surface area contributed by atoms with E-state index in [9.17, 15) is 0 Å². The number of hydrogen-bond acceptors (Lipinski definition) is 4. The van der Waals surface area contributed by atoms with Crippen LogP contribution in [0.3, 0.4) is 0 Å². The van der Waals surface area contributed by atoms with E-state index in [1.807, 2.05) is 13.0 Å². The summed E-state index contributed by atoms with van der Waals surface area (Å²) in [5, 5.41) is 3.54. The Bertz CT molecular complexity index is 404. The maximum Gasteiger partial charge on any atom is 0.160 e. The summed E-state index contributed by atoms with van der Waals surface area (Å²) in [7, 11) is 1.66. The molecule has 4 heteroatoms. The first-order chi connectivity index (χ1) is 8.09. The second-order valence-corrected chi connectivity index (χ2v) is 5.05.